The zero-order valence-corrected chi connectivity index (χ0v) is 13.3. The smallest absolute Gasteiger partial charge is 0.385 e. The monoisotopic (exact) mass is 381 g/mol. The van der Waals surface area contributed by atoms with Crippen LogP contribution >= 0.6 is 0 Å². The van der Waals surface area contributed by atoms with Crippen molar-refractivity contribution in [2.24, 2.45) is 0 Å². The van der Waals surface area contributed by atoms with E-state index in [4.69, 9.17) is 4.84 Å². The maximum absolute atomic E-state index is 12.8. The average Bonchev–Trinajstić information content (AvgIpc) is 3.01. The number of fused-ring (bicyclic) bond motifs is 1. The minimum absolute atomic E-state index is 0.0621. The topological polar surface area (TPSA) is 112 Å². The fourth-order valence-corrected chi connectivity index (χ4v) is 2.18. The van der Waals surface area contributed by atoms with E-state index in [9.17, 15) is 28.1 Å². The molecule has 0 saturated heterocycles. The van der Waals surface area contributed by atoms with Gasteiger partial charge in [-0.25, -0.2) is 0 Å². The fraction of sp³-hybridized carbons (Fsp3) is 0.133. The van der Waals surface area contributed by atoms with E-state index in [1.165, 1.54) is 18.2 Å². The molecular formula is C15H10F3N5O4. The molecule has 0 aliphatic rings. The second kappa shape index (κ2) is 6.90. The summed E-state index contributed by atoms with van der Waals surface area (Å²) in [5, 5.41) is 20.3. The van der Waals surface area contributed by atoms with Crippen LogP contribution in [0.2, 0.25) is 0 Å². The molecule has 0 aliphatic carbocycles. The number of benzene rings is 2. The van der Waals surface area contributed by atoms with Gasteiger partial charge in [-0.1, -0.05) is 10.9 Å². The Hall–Kier alpha value is -3.70. The van der Waals surface area contributed by atoms with E-state index in [0.29, 0.717) is 4.85 Å². The lowest BCUT2D eigenvalue weighted by Gasteiger charge is -2.08. The van der Waals surface area contributed by atoms with E-state index in [-0.39, 0.29) is 22.4 Å². The molecule has 1 aromatic heterocycles. The van der Waals surface area contributed by atoms with Crippen LogP contribution in [-0.2, 0) is 11.0 Å². The van der Waals surface area contributed by atoms with Gasteiger partial charge in [0, 0.05) is 17.8 Å². The van der Waals surface area contributed by atoms with E-state index in [1.807, 2.05) is 0 Å². The maximum Gasteiger partial charge on any atom is 0.416 e. The number of rotatable bonds is 5. The van der Waals surface area contributed by atoms with Gasteiger partial charge in [-0.15, -0.1) is 5.10 Å². The van der Waals surface area contributed by atoms with Crippen LogP contribution in [0.15, 0.2) is 42.5 Å². The van der Waals surface area contributed by atoms with Gasteiger partial charge in [0.1, 0.15) is 11.0 Å². The summed E-state index contributed by atoms with van der Waals surface area (Å²) in [7, 11) is 0. The molecule has 1 amide bonds. The molecule has 0 aliphatic heterocycles. The molecule has 140 valence electrons. The second-order valence-corrected chi connectivity index (χ2v) is 5.29. The molecule has 0 spiro atoms. The number of hydrogen-bond acceptors (Lipinski definition) is 6. The Morgan fingerprint density at radius 1 is 1.26 bits per heavy atom. The summed E-state index contributed by atoms with van der Waals surface area (Å²) in [5.74, 6) is -0.689. The zero-order chi connectivity index (χ0) is 19.6. The molecule has 0 unspecified atom stereocenters. The van der Waals surface area contributed by atoms with Gasteiger partial charge in [0.2, 0.25) is 0 Å². The average molecular weight is 381 g/mol. The van der Waals surface area contributed by atoms with E-state index in [0.717, 1.165) is 24.3 Å². The first-order chi connectivity index (χ1) is 12.7. The lowest BCUT2D eigenvalue weighted by Crippen LogP contribution is -2.26. The third-order valence-corrected chi connectivity index (χ3v) is 3.40. The molecule has 0 fully saturated rings. The number of amides is 1. The zero-order valence-electron chi connectivity index (χ0n) is 13.3. The van der Waals surface area contributed by atoms with Crippen molar-refractivity contribution in [3.05, 3.63) is 58.1 Å². The Morgan fingerprint density at radius 2 is 2.04 bits per heavy atom. The van der Waals surface area contributed by atoms with E-state index in [1.54, 1.807) is 0 Å². The first-order valence-corrected chi connectivity index (χ1v) is 7.34. The summed E-state index contributed by atoms with van der Waals surface area (Å²) in [4.78, 5) is 27.8. The molecule has 9 nitrogen and oxygen atoms in total. The normalized spacial score (nSPS) is 11.4. The van der Waals surface area contributed by atoms with Crippen LogP contribution in [-0.4, -0.2) is 32.6 Å². The Morgan fingerprint density at radius 3 is 2.74 bits per heavy atom. The van der Waals surface area contributed by atoms with Gasteiger partial charge in [-0.2, -0.15) is 13.2 Å². The Kier molecular flexibility index (Phi) is 4.62. The molecule has 12 heteroatoms. The number of nitro groups is 1. The van der Waals surface area contributed by atoms with E-state index in [2.05, 4.69) is 15.6 Å². The summed E-state index contributed by atoms with van der Waals surface area (Å²) in [6, 6.07) is 8.02. The van der Waals surface area contributed by atoms with Gasteiger partial charge < -0.3 is 10.2 Å². The number of nitro benzene ring substituents is 1. The predicted molar refractivity (Wildman–Crippen MR) is 85.7 cm³/mol. The quantitative estimate of drug-likeness (QED) is 0.537. The van der Waals surface area contributed by atoms with Crippen molar-refractivity contribution in [1.29, 1.82) is 0 Å². The summed E-state index contributed by atoms with van der Waals surface area (Å²) in [5.41, 5.74) is -0.866. The highest BCUT2D eigenvalue weighted by atomic mass is 19.4. The third kappa shape index (κ3) is 4.11. The van der Waals surface area contributed by atoms with Crippen LogP contribution < -0.4 is 10.2 Å². The molecule has 0 saturated carbocycles. The molecule has 0 bridgehead atoms. The van der Waals surface area contributed by atoms with Gasteiger partial charge in [-0.05, 0) is 29.5 Å². The molecule has 3 rings (SSSR count). The Balaban J connectivity index is 1.70. The van der Waals surface area contributed by atoms with Gasteiger partial charge in [0.25, 0.3) is 11.6 Å². The second-order valence-electron chi connectivity index (χ2n) is 5.29. The molecule has 0 atom stereocenters. The number of nitrogens with one attached hydrogen (secondary N) is 1. The van der Waals surface area contributed by atoms with E-state index >= 15 is 0 Å². The fourth-order valence-electron chi connectivity index (χ4n) is 2.18. The number of carbonyl (C=O) groups excluding carboxylic acids is 1. The minimum Gasteiger partial charge on any atom is -0.385 e. The SMILES string of the molecule is O=C(COn1nnc2ccc(C(F)(F)F)cc21)Nc1cccc([N+](=O)[O-])c1. The first-order valence-electron chi connectivity index (χ1n) is 7.34. The van der Waals surface area contributed by atoms with Crippen LogP contribution in [0.25, 0.3) is 11.0 Å². The number of carbonyl (C=O) groups is 1. The van der Waals surface area contributed by atoms with Crippen molar-refractivity contribution in [2.45, 2.75) is 6.18 Å². The van der Waals surface area contributed by atoms with Gasteiger partial charge >= 0.3 is 6.18 Å². The lowest BCUT2D eigenvalue weighted by atomic mass is 10.2. The van der Waals surface area contributed by atoms with Crippen LogP contribution in [0.3, 0.4) is 0 Å². The van der Waals surface area contributed by atoms with Gasteiger partial charge in [0.15, 0.2) is 6.61 Å². The number of alkyl halides is 3. The van der Waals surface area contributed by atoms with Crippen molar-refractivity contribution in [1.82, 2.24) is 15.2 Å². The summed E-state index contributed by atoms with van der Waals surface area (Å²) < 4.78 is 38.4. The largest absolute Gasteiger partial charge is 0.416 e. The van der Waals surface area contributed by atoms with Crippen molar-refractivity contribution < 1.29 is 27.7 Å². The molecule has 1 N–H and O–H groups in total. The molecular weight excluding hydrogens is 371 g/mol. The van der Waals surface area contributed by atoms with Gasteiger partial charge in [0.05, 0.1) is 10.5 Å². The van der Waals surface area contributed by atoms with E-state index < -0.39 is 29.2 Å². The molecule has 27 heavy (non-hydrogen) atoms. The predicted octanol–water partition coefficient (Wildman–Crippen LogP) is 2.43. The maximum atomic E-state index is 12.8. The number of nitrogens with zero attached hydrogens (tertiary/aromatic N) is 4. The number of aromatic nitrogens is 3. The van der Waals surface area contributed by atoms with Crippen LogP contribution in [0.4, 0.5) is 24.5 Å². The van der Waals surface area contributed by atoms with Crippen LogP contribution in [0, 0.1) is 10.1 Å². The summed E-state index contributed by atoms with van der Waals surface area (Å²) >= 11 is 0. The Bertz CT molecular complexity index is 1020. The number of hydrogen-bond donors (Lipinski definition) is 1. The van der Waals surface area contributed by atoms with Crippen molar-refractivity contribution in [2.75, 3.05) is 11.9 Å². The van der Waals surface area contributed by atoms with Gasteiger partial charge in [-0.3, -0.25) is 14.9 Å². The van der Waals surface area contributed by atoms with Crippen molar-refractivity contribution in [3.63, 3.8) is 0 Å². The highest BCUT2D eigenvalue weighted by Crippen LogP contribution is 2.30. The van der Waals surface area contributed by atoms with Crippen LogP contribution in [0.1, 0.15) is 5.56 Å². The summed E-state index contributed by atoms with van der Waals surface area (Å²) in [6.45, 7) is -0.600. The minimum atomic E-state index is -4.55. The standard InChI is InChI=1S/C15H10F3N5O4/c16-15(17,18)9-4-5-12-13(6-9)22(21-20-12)27-8-14(24)19-10-2-1-3-11(7-10)23(25)26/h1-7H,8H2,(H,19,24). The van der Waals surface area contributed by atoms with Crippen molar-refractivity contribution in [3.8, 4) is 0 Å². The highest BCUT2D eigenvalue weighted by Gasteiger charge is 2.31. The number of halogens is 3. The molecule has 2 aromatic carbocycles. The third-order valence-electron chi connectivity index (χ3n) is 3.40. The van der Waals surface area contributed by atoms with Crippen LogP contribution in [0.5, 0.6) is 0 Å². The molecule has 1 heterocycles. The highest BCUT2D eigenvalue weighted by molar-refractivity contribution is 5.92. The summed E-state index contributed by atoms with van der Waals surface area (Å²) in [6.07, 6.45) is -4.55. The number of non-ortho nitro benzene ring substituents is 1. The van der Waals surface area contributed by atoms with Crippen molar-refractivity contribution >= 4 is 28.3 Å². The first kappa shape index (κ1) is 18.1. The number of anilines is 1. The molecule has 0 radical (unpaired) electrons. The Labute approximate surface area is 148 Å². The molecule has 3 aromatic rings. The lowest BCUT2D eigenvalue weighted by molar-refractivity contribution is -0.384.